The van der Waals surface area contributed by atoms with Crippen LogP contribution >= 0.6 is 0 Å². The van der Waals surface area contributed by atoms with Gasteiger partial charge >= 0.3 is 0 Å². The molecule has 2 aliphatic carbocycles. The fraction of sp³-hybridized carbons (Fsp3) is 0.536. The maximum Gasteiger partial charge on any atom is 0.129 e. The first-order valence-electron chi connectivity index (χ1n) is 12.2. The van der Waals surface area contributed by atoms with E-state index in [1.54, 1.807) is 0 Å². The lowest BCUT2D eigenvalue weighted by Crippen LogP contribution is -2.61. The number of nitrogens with zero attached hydrogens (tertiary/aromatic N) is 2. The zero-order valence-corrected chi connectivity index (χ0v) is 20.6. The fourth-order valence-corrected chi connectivity index (χ4v) is 7.23. The number of hydrogen-bond acceptors (Lipinski definition) is 2. The second kappa shape index (κ2) is 7.91. The van der Waals surface area contributed by atoms with Crippen LogP contribution in [0.5, 0.6) is 0 Å². The van der Waals surface area contributed by atoms with Crippen molar-refractivity contribution in [1.29, 1.82) is 0 Å². The van der Waals surface area contributed by atoms with E-state index in [0.29, 0.717) is 0 Å². The van der Waals surface area contributed by atoms with Gasteiger partial charge in [-0.2, -0.15) is 0 Å². The van der Waals surface area contributed by atoms with Crippen molar-refractivity contribution in [3.63, 3.8) is 0 Å². The van der Waals surface area contributed by atoms with Crippen LogP contribution in [0.4, 0.5) is 0 Å². The molecule has 1 saturated carbocycles. The van der Waals surface area contributed by atoms with Gasteiger partial charge in [0.1, 0.15) is 8.07 Å². The van der Waals surface area contributed by atoms with Crippen LogP contribution < -0.4 is 0 Å². The Morgan fingerprint density at radius 1 is 1.19 bits per heavy atom. The molecule has 0 radical (unpaired) electrons. The summed E-state index contributed by atoms with van der Waals surface area (Å²) in [7, 11) is -1.41. The van der Waals surface area contributed by atoms with Gasteiger partial charge in [-0.3, -0.25) is 9.88 Å². The molecular weight excluding hydrogens is 392 g/mol. The first-order valence-corrected chi connectivity index (χ1v) is 15.7. The molecule has 1 aromatic heterocycles. The first kappa shape index (κ1) is 21.0. The lowest BCUT2D eigenvalue weighted by atomic mass is 9.53. The SMILES string of the molecule is C[C@@H]1C[C@H]2Cc3ncc(C#C[Si](C)(C)C)cc3[C@@]3(C1)[C@@H]2CCCN3Cc1ccccc1. The highest BCUT2D eigenvalue weighted by atomic mass is 28.3. The Hall–Kier alpha value is -1.89. The minimum Gasteiger partial charge on any atom is -0.289 e. The Balaban J connectivity index is 1.63. The van der Waals surface area contributed by atoms with Gasteiger partial charge in [-0.15, -0.1) is 5.54 Å². The normalized spacial score (nSPS) is 30.0. The average molecular weight is 429 g/mol. The highest BCUT2D eigenvalue weighted by Gasteiger charge is 2.57. The number of piperidine rings is 1. The second-order valence-corrected chi connectivity index (χ2v) is 16.1. The van der Waals surface area contributed by atoms with Crippen LogP contribution in [0, 0.1) is 29.2 Å². The first-order chi connectivity index (χ1) is 14.8. The van der Waals surface area contributed by atoms with Crippen molar-refractivity contribution in [3.05, 3.63) is 65.0 Å². The Kier molecular flexibility index (Phi) is 5.35. The van der Waals surface area contributed by atoms with Crippen LogP contribution in [-0.4, -0.2) is 24.5 Å². The molecule has 0 unspecified atom stereocenters. The standard InChI is InChI=1S/C28H36N2Si/c1-21-15-24-17-27-26(16-23(19-29-27)12-14-31(2,3)4)28(18-21)25(24)11-8-13-30(28)20-22-9-6-5-7-10-22/h5-7,9-10,16,19,21,24-25H,8,11,13,15,17-18,20H2,1-4H3/t21-,24+,25-,28-/m1/s1. The van der Waals surface area contributed by atoms with E-state index in [0.717, 1.165) is 36.3 Å². The van der Waals surface area contributed by atoms with Gasteiger partial charge in [-0.1, -0.05) is 62.8 Å². The zero-order valence-electron chi connectivity index (χ0n) is 19.6. The zero-order chi connectivity index (χ0) is 21.6. The summed E-state index contributed by atoms with van der Waals surface area (Å²) in [4.78, 5) is 7.88. The van der Waals surface area contributed by atoms with Gasteiger partial charge in [0.15, 0.2) is 0 Å². The topological polar surface area (TPSA) is 16.1 Å². The Bertz CT molecular complexity index is 1010. The average Bonchev–Trinajstić information content (AvgIpc) is 2.73. The Labute approximate surface area is 189 Å². The molecule has 2 heterocycles. The number of benzene rings is 1. The third kappa shape index (κ3) is 3.90. The molecular formula is C28H36N2Si. The molecule has 4 atom stereocenters. The molecule has 31 heavy (non-hydrogen) atoms. The van der Waals surface area contributed by atoms with E-state index >= 15 is 0 Å². The molecule has 2 nitrogen and oxygen atoms in total. The van der Waals surface area contributed by atoms with Gasteiger partial charge in [0.25, 0.3) is 0 Å². The fourth-order valence-electron chi connectivity index (χ4n) is 6.71. The predicted octanol–water partition coefficient (Wildman–Crippen LogP) is 6.02. The van der Waals surface area contributed by atoms with Crippen LogP contribution in [0.1, 0.15) is 55.0 Å². The van der Waals surface area contributed by atoms with Crippen molar-refractivity contribution in [3.8, 4) is 11.5 Å². The van der Waals surface area contributed by atoms with Crippen LogP contribution in [0.25, 0.3) is 0 Å². The lowest BCUT2D eigenvalue weighted by molar-refractivity contribution is -0.0968. The van der Waals surface area contributed by atoms with Crippen LogP contribution in [0.3, 0.4) is 0 Å². The van der Waals surface area contributed by atoms with Crippen molar-refractivity contribution in [2.75, 3.05) is 6.54 Å². The maximum atomic E-state index is 5.04. The number of hydrogen-bond donors (Lipinski definition) is 0. The summed E-state index contributed by atoms with van der Waals surface area (Å²) in [5.41, 5.74) is 9.12. The summed E-state index contributed by atoms with van der Waals surface area (Å²) in [6, 6.07) is 13.5. The molecule has 162 valence electrons. The van der Waals surface area contributed by atoms with Crippen LogP contribution in [0.2, 0.25) is 19.6 Å². The molecule has 2 aromatic rings. The van der Waals surface area contributed by atoms with Crippen molar-refractivity contribution in [1.82, 2.24) is 9.88 Å². The van der Waals surface area contributed by atoms with E-state index in [-0.39, 0.29) is 5.54 Å². The number of pyridine rings is 1. The molecule has 2 bridgehead atoms. The molecule has 1 aromatic carbocycles. The Morgan fingerprint density at radius 2 is 2.00 bits per heavy atom. The second-order valence-electron chi connectivity index (χ2n) is 11.3. The molecule has 1 aliphatic heterocycles. The number of rotatable bonds is 2. The highest BCUT2D eigenvalue weighted by Crippen LogP contribution is 2.59. The predicted molar refractivity (Wildman–Crippen MR) is 131 cm³/mol. The van der Waals surface area contributed by atoms with Crippen LogP contribution in [0.15, 0.2) is 42.6 Å². The van der Waals surface area contributed by atoms with E-state index in [9.17, 15) is 0 Å². The Morgan fingerprint density at radius 3 is 2.77 bits per heavy atom. The monoisotopic (exact) mass is 428 g/mol. The molecule has 0 amide bonds. The largest absolute Gasteiger partial charge is 0.289 e. The van der Waals surface area contributed by atoms with E-state index in [4.69, 9.17) is 4.98 Å². The van der Waals surface area contributed by atoms with Crippen molar-refractivity contribution in [2.24, 2.45) is 17.8 Å². The summed E-state index contributed by atoms with van der Waals surface area (Å²) in [5.74, 6) is 5.81. The van der Waals surface area contributed by atoms with E-state index in [1.807, 2.05) is 6.20 Å². The summed E-state index contributed by atoms with van der Waals surface area (Å²) in [5, 5.41) is 0. The highest BCUT2D eigenvalue weighted by molar-refractivity contribution is 6.83. The van der Waals surface area contributed by atoms with Crippen LogP contribution in [-0.2, 0) is 18.5 Å². The molecule has 5 rings (SSSR count). The van der Waals surface area contributed by atoms with E-state index in [2.05, 4.69) is 79.3 Å². The van der Waals surface area contributed by atoms with Gasteiger partial charge < -0.3 is 0 Å². The minimum absolute atomic E-state index is 0.133. The molecule has 0 spiro atoms. The van der Waals surface area contributed by atoms with Gasteiger partial charge in [0.05, 0.1) is 5.54 Å². The third-order valence-corrected chi connectivity index (χ3v) is 8.62. The number of fused-ring (bicyclic) bond motifs is 1. The van der Waals surface area contributed by atoms with Gasteiger partial charge in [0, 0.05) is 24.0 Å². The van der Waals surface area contributed by atoms with Gasteiger partial charge in [-0.25, -0.2) is 0 Å². The maximum absolute atomic E-state index is 5.04. The molecule has 3 aliphatic rings. The van der Waals surface area contributed by atoms with E-state index < -0.39 is 8.07 Å². The van der Waals surface area contributed by atoms with Gasteiger partial charge in [-0.05, 0) is 73.6 Å². The molecule has 3 heteroatoms. The number of aromatic nitrogens is 1. The molecule has 0 N–H and O–H groups in total. The molecule has 1 saturated heterocycles. The quantitative estimate of drug-likeness (QED) is 0.429. The molecule has 2 fully saturated rings. The van der Waals surface area contributed by atoms with Crippen molar-refractivity contribution in [2.45, 2.75) is 70.8 Å². The third-order valence-electron chi connectivity index (χ3n) is 7.74. The van der Waals surface area contributed by atoms with Crippen molar-refractivity contribution < 1.29 is 0 Å². The summed E-state index contributed by atoms with van der Waals surface area (Å²) < 4.78 is 0. The minimum atomic E-state index is -1.41. The van der Waals surface area contributed by atoms with E-state index in [1.165, 1.54) is 49.0 Å². The smallest absolute Gasteiger partial charge is 0.129 e. The lowest BCUT2D eigenvalue weighted by Gasteiger charge is -2.61. The number of likely N-dealkylation sites (tertiary alicyclic amines) is 1. The summed E-state index contributed by atoms with van der Waals surface area (Å²) >= 11 is 0. The van der Waals surface area contributed by atoms with Crippen molar-refractivity contribution >= 4 is 8.07 Å². The summed E-state index contributed by atoms with van der Waals surface area (Å²) in [6.07, 6.45) is 8.53. The summed E-state index contributed by atoms with van der Waals surface area (Å²) in [6.45, 7) is 11.7. The van der Waals surface area contributed by atoms with Gasteiger partial charge in [0.2, 0.25) is 0 Å².